The van der Waals surface area contributed by atoms with Gasteiger partial charge in [0.25, 0.3) is 0 Å². The van der Waals surface area contributed by atoms with Crippen LogP contribution < -0.4 is 4.74 Å². The van der Waals surface area contributed by atoms with E-state index in [1.54, 1.807) is 24.3 Å². The molecule has 0 aliphatic heterocycles. The predicted octanol–water partition coefficient (Wildman–Crippen LogP) is 3.73. The van der Waals surface area contributed by atoms with Crippen LogP contribution in [0, 0.1) is 0 Å². The largest absolute Gasteiger partial charge is 0.491 e. The summed E-state index contributed by atoms with van der Waals surface area (Å²) in [5, 5.41) is 8.76. The zero-order valence-corrected chi connectivity index (χ0v) is 10.5. The van der Waals surface area contributed by atoms with Crippen LogP contribution in [0.5, 0.6) is 5.75 Å². The van der Waals surface area contributed by atoms with Gasteiger partial charge in [-0.2, -0.15) is 0 Å². The normalized spacial score (nSPS) is 12.1. The maximum atomic E-state index is 10.7. The minimum absolute atomic E-state index is 0.178. The second kappa shape index (κ2) is 6.94. The first-order valence-corrected chi connectivity index (χ1v) is 6.13. The summed E-state index contributed by atoms with van der Waals surface area (Å²) in [6.07, 6.45) is 4.82. The maximum Gasteiger partial charge on any atom is 0.335 e. The van der Waals surface area contributed by atoms with E-state index in [0.717, 1.165) is 12.2 Å². The van der Waals surface area contributed by atoms with Crippen molar-refractivity contribution in [1.82, 2.24) is 0 Å². The van der Waals surface area contributed by atoms with E-state index < -0.39 is 5.97 Å². The van der Waals surface area contributed by atoms with E-state index in [2.05, 4.69) is 6.92 Å². The Morgan fingerprint density at radius 1 is 1.29 bits per heavy atom. The summed E-state index contributed by atoms with van der Waals surface area (Å²) < 4.78 is 5.70. The smallest absolute Gasteiger partial charge is 0.335 e. The van der Waals surface area contributed by atoms with E-state index in [1.807, 2.05) is 6.92 Å². The summed E-state index contributed by atoms with van der Waals surface area (Å²) in [7, 11) is 0. The highest BCUT2D eigenvalue weighted by Gasteiger charge is 2.05. The topological polar surface area (TPSA) is 46.5 Å². The Labute approximate surface area is 102 Å². The van der Waals surface area contributed by atoms with Crippen molar-refractivity contribution in [2.45, 2.75) is 45.6 Å². The lowest BCUT2D eigenvalue weighted by molar-refractivity contribution is 0.0697. The van der Waals surface area contributed by atoms with Crippen molar-refractivity contribution in [2.75, 3.05) is 0 Å². The molecular weight excluding hydrogens is 216 g/mol. The third kappa shape index (κ3) is 4.89. The van der Waals surface area contributed by atoms with Crippen LogP contribution >= 0.6 is 0 Å². The molecule has 0 saturated carbocycles. The number of rotatable bonds is 7. The van der Waals surface area contributed by atoms with Gasteiger partial charge in [-0.15, -0.1) is 0 Å². The van der Waals surface area contributed by atoms with Gasteiger partial charge in [0.2, 0.25) is 0 Å². The summed E-state index contributed by atoms with van der Waals surface area (Å²) >= 11 is 0. The highest BCUT2D eigenvalue weighted by Crippen LogP contribution is 2.16. The maximum absolute atomic E-state index is 10.7. The molecule has 0 aliphatic carbocycles. The molecule has 1 aromatic rings. The molecule has 0 radical (unpaired) electrons. The first-order valence-electron chi connectivity index (χ1n) is 6.13. The molecule has 1 aromatic carbocycles. The van der Waals surface area contributed by atoms with Crippen LogP contribution in [0.15, 0.2) is 24.3 Å². The van der Waals surface area contributed by atoms with Crippen LogP contribution in [0.1, 0.15) is 49.9 Å². The summed E-state index contributed by atoms with van der Waals surface area (Å²) in [5.74, 6) is -0.174. The second-order valence-corrected chi connectivity index (χ2v) is 4.25. The average Bonchev–Trinajstić information content (AvgIpc) is 2.30. The number of benzene rings is 1. The monoisotopic (exact) mass is 236 g/mol. The van der Waals surface area contributed by atoms with Crippen molar-refractivity contribution in [3.8, 4) is 5.75 Å². The van der Waals surface area contributed by atoms with E-state index in [4.69, 9.17) is 9.84 Å². The zero-order valence-electron chi connectivity index (χ0n) is 10.5. The van der Waals surface area contributed by atoms with Gasteiger partial charge in [0.15, 0.2) is 0 Å². The lowest BCUT2D eigenvalue weighted by atomic mass is 10.1. The molecule has 1 unspecified atom stereocenters. The van der Waals surface area contributed by atoms with Gasteiger partial charge in [0.05, 0.1) is 11.7 Å². The molecule has 0 bridgehead atoms. The molecule has 0 aromatic heterocycles. The summed E-state index contributed by atoms with van der Waals surface area (Å²) in [6.45, 7) is 4.22. The number of ether oxygens (including phenoxy) is 1. The fourth-order valence-corrected chi connectivity index (χ4v) is 1.65. The fraction of sp³-hybridized carbons (Fsp3) is 0.500. The molecule has 0 heterocycles. The van der Waals surface area contributed by atoms with E-state index in [0.29, 0.717) is 0 Å². The van der Waals surface area contributed by atoms with Crippen LogP contribution in [-0.4, -0.2) is 17.2 Å². The SMILES string of the molecule is CCCCCC(C)Oc1ccc(C(=O)O)cc1. The lowest BCUT2D eigenvalue weighted by Crippen LogP contribution is -2.11. The van der Waals surface area contributed by atoms with Gasteiger partial charge in [-0.1, -0.05) is 19.8 Å². The molecule has 1 N–H and O–H groups in total. The Kier molecular flexibility index (Phi) is 5.53. The van der Waals surface area contributed by atoms with Crippen LogP contribution in [0.4, 0.5) is 0 Å². The molecule has 3 nitrogen and oxygen atoms in total. The summed E-state index contributed by atoms with van der Waals surface area (Å²) in [4.78, 5) is 10.7. The lowest BCUT2D eigenvalue weighted by Gasteiger charge is -2.14. The Morgan fingerprint density at radius 3 is 2.47 bits per heavy atom. The number of hydrogen-bond acceptors (Lipinski definition) is 2. The molecule has 94 valence electrons. The number of carbonyl (C=O) groups is 1. The minimum atomic E-state index is -0.910. The van der Waals surface area contributed by atoms with E-state index in [1.165, 1.54) is 19.3 Å². The highest BCUT2D eigenvalue weighted by molar-refractivity contribution is 5.87. The van der Waals surface area contributed by atoms with Crippen LogP contribution in [-0.2, 0) is 0 Å². The standard InChI is InChI=1S/C14H20O3/c1-3-4-5-6-11(2)17-13-9-7-12(8-10-13)14(15)16/h7-11H,3-6H2,1-2H3,(H,15,16). The zero-order chi connectivity index (χ0) is 12.7. The molecule has 1 atom stereocenters. The van der Waals surface area contributed by atoms with Crippen molar-refractivity contribution in [3.05, 3.63) is 29.8 Å². The van der Waals surface area contributed by atoms with Gasteiger partial charge in [0.1, 0.15) is 5.75 Å². The van der Waals surface area contributed by atoms with Crippen molar-refractivity contribution < 1.29 is 14.6 Å². The quantitative estimate of drug-likeness (QED) is 0.734. The van der Waals surface area contributed by atoms with Crippen LogP contribution in [0.2, 0.25) is 0 Å². The predicted molar refractivity (Wildman–Crippen MR) is 67.6 cm³/mol. The third-order valence-corrected chi connectivity index (χ3v) is 2.65. The van der Waals surface area contributed by atoms with Crippen LogP contribution in [0.3, 0.4) is 0 Å². The first-order chi connectivity index (χ1) is 8.13. The fourth-order valence-electron chi connectivity index (χ4n) is 1.65. The van der Waals surface area contributed by atoms with E-state index in [9.17, 15) is 4.79 Å². The molecule has 3 heteroatoms. The van der Waals surface area contributed by atoms with Crippen molar-refractivity contribution in [1.29, 1.82) is 0 Å². The number of carboxylic acid groups (broad SMARTS) is 1. The van der Waals surface area contributed by atoms with Gasteiger partial charge in [-0.25, -0.2) is 4.79 Å². The number of aromatic carboxylic acids is 1. The number of carboxylic acids is 1. The van der Waals surface area contributed by atoms with Gasteiger partial charge >= 0.3 is 5.97 Å². The summed E-state index contributed by atoms with van der Waals surface area (Å²) in [5.41, 5.74) is 0.288. The van der Waals surface area contributed by atoms with Gasteiger partial charge in [-0.05, 0) is 44.0 Å². The Bertz CT molecular complexity index is 343. The molecule has 17 heavy (non-hydrogen) atoms. The Balaban J connectivity index is 2.43. The molecule has 0 aliphatic rings. The van der Waals surface area contributed by atoms with Gasteiger partial charge < -0.3 is 9.84 Å². The van der Waals surface area contributed by atoms with Crippen LogP contribution in [0.25, 0.3) is 0 Å². The van der Waals surface area contributed by atoms with Crippen molar-refractivity contribution >= 4 is 5.97 Å². The van der Waals surface area contributed by atoms with Crippen molar-refractivity contribution in [3.63, 3.8) is 0 Å². The molecule has 0 amide bonds. The highest BCUT2D eigenvalue weighted by atomic mass is 16.5. The molecule has 1 rings (SSSR count). The average molecular weight is 236 g/mol. The molecule has 0 spiro atoms. The second-order valence-electron chi connectivity index (χ2n) is 4.25. The van der Waals surface area contributed by atoms with E-state index >= 15 is 0 Å². The van der Waals surface area contributed by atoms with Crippen molar-refractivity contribution in [2.24, 2.45) is 0 Å². The summed E-state index contributed by atoms with van der Waals surface area (Å²) in [6, 6.07) is 6.55. The van der Waals surface area contributed by atoms with E-state index in [-0.39, 0.29) is 11.7 Å². The Hall–Kier alpha value is -1.51. The molecule has 0 saturated heterocycles. The molecular formula is C14H20O3. The first kappa shape index (κ1) is 13.6. The van der Waals surface area contributed by atoms with Gasteiger partial charge in [0, 0.05) is 0 Å². The number of hydrogen-bond donors (Lipinski definition) is 1. The minimum Gasteiger partial charge on any atom is -0.491 e. The third-order valence-electron chi connectivity index (χ3n) is 2.65. The Morgan fingerprint density at radius 2 is 1.94 bits per heavy atom. The number of unbranched alkanes of at least 4 members (excludes halogenated alkanes) is 2. The molecule has 0 fully saturated rings. The van der Waals surface area contributed by atoms with Gasteiger partial charge in [-0.3, -0.25) is 0 Å².